The second kappa shape index (κ2) is 7.37. The molecule has 23 heavy (non-hydrogen) atoms. The van der Waals surface area contributed by atoms with E-state index in [0.29, 0.717) is 11.3 Å². The molecule has 2 rings (SSSR count). The Morgan fingerprint density at radius 3 is 2.57 bits per heavy atom. The Morgan fingerprint density at radius 1 is 1.22 bits per heavy atom. The molecule has 0 aliphatic carbocycles. The molecule has 3 nitrogen and oxygen atoms in total. The van der Waals surface area contributed by atoms with Gasteiger partial charge in [-0.1, -0.05) is 26.2 Å². The maximum Gasteiger partial charge on any atom is 0.154 e. The Balaban J connectivity index is 2.30. The molecule has 0 bridgehead atoms. The first-order valence-electron chi connectivity index (χ1n) is 8.81. The van der Waals surface area contributed by atoms with E-state index in [0.717, 1.165) is 48.0 Å². The highest BCUT2D eigenvalue weighted by Crippen LogP contribution is 2.44. The average Bonchev–Trinajstić information content (AvgIpc) is 2.55. The van der Waals surface area contributed by atoms with Gasteiger partial charge in [0.15, 0.2) is 6.29 Å². The van der Waals surface area contributed by atoms with Gasteiger partial charge in [-0.25, -0.2) is 0 Å². The summed E-state index contributed by atoms with van der Waals surface area (Å²) in [6.45, 7) is 8.50. The fourth-order valence-electron chi connectivity index (χ4n) is 3.59. The van der Waals surface area contributed by atoms with Gasteiger partial charge in [-0.05, 0) is 57.6 Å². The maximum absolute atomic E-state index is 11.6. The molecule has 1 atom stereocenters. The van der Waals surface area contributed by atoms with Gasteiger partial charge in [0.05, 0.1) is 12.7 Å². The van der Waals surface area contributed by atoms with Crippen molar-refractivity contribution in [3.8, 4) is 11.5 Å². The van der Waals surface area contributed by atoms with Crippen LogP contribution in [0, 0.1) is 13.8 Å². The van der Waals surface area contributed by atoms with Gasteiger partial charge in [0.25, 0.3) is 0 Å². The van der Waals surface area contributed by atoms with Gasteiger partial charge in [-0.2, -0.15) is 0 Å². The molecule has 1 aromatic rings. The standard InChI is InChI=1S/C20H30O3/c1-6-7-8-9-11-20(4)12-10-16-17(13-21)18(22-5)14(2)15(3)19(16)23-20/h13H,6-12H2,1-5H3. The van der Waals surface area contributed by atoms with Crippen LogP contribution >= 0.6 is 0 Å². The molecular formula is C20H30O3. The van der Waals surface area contributed by atoms with E-state index in [2.05, 4.69) is 20.8 Å². The second-order valence-corrected chi connectivity index (χ2v) is 6.99. The highest BCUT2D eigenvalue weighted by Gasteiger charge is 2.34. The van der Waals surface area contributed by atoms with Crippen LogP contribution in [0.2, 0.25) is 0 Å². The minimum absolute atomic E-state index is 0.118. The first kappa shape index (κ1) is 17.8. The minimum atomic E-state index is -0.118. The van der Waals surface area contributed by atoms with Crippen LogP contribution in [0.4, 0.5) is 0 Å². The number of carbonyl (C=O) groups is 1. The van der Waals surface area contributed by atoms with Crippen molar-refractivity contribution in [2.45, 2.75) is 78.2 Å². The monoisotopic (exact) mass is 318 g/mol. The van der Waals surface area contributed by atoms with Crippen molar-refractivity contribution in [3.63, 3.8) is 0 Å². The van der Waals surface area contributed by atoms with E-state index in [-0.39, 0.29) is 5.60 Å². The Labute approximate surface area is 140 Å². The van der Waals surface area contributed by atoms with Crippen molar-refractivity contribution >= 4 is 6.29 Å². The zero-order valence-electron chi connectivity index (χ0n) is 15.3. The van der Waals surface area contributed by atoms with Crippen LogP contribution in [0.3, 0.4) is 0 Å². The van der Waals surface area contributed by atoms with E-state index in [1.807, 2.05) is 6.92 Å². The van der Waals surface area contributed by atoms with E-state index < -0.39 is 0 Å². The number of fused-ring (bicyclic) bond motifs is 1. The van der Waals surface area contributed by atoms with Crippen molar-refractivity contribution in [1.82, 2.24) is 0 Å². The fraction of sp³-hybridized carbons (Fsp3) is 0.650. The number of rotatable bonds is 7. The van der Waals surface area contributed by atoms with Crippen LogP contribution in [-0.4, -0.2) is 19.0 Å². The van der Waals surface area contributed by atoms with Gasteiger partial charge in [0, 0.05) is 5.56 Å². The van der Waals surface area contributed by atoms with E-state index in [1.165, 1.54) is 25.7 Å². The summed E-state index contributed by atoms with van der Waals surface area (Å²) in [5.41, 5.74) is 3.67. The van der Waals surface area contributed by atoms with Crippen molar-refractivity contribution in [3.05, 3.63) is 22.3 Å². The zero-order chi connectivity index (χ0) is 17.0. The molecule has 0 aromatic heterocycles. The van der Waals surface area contributed by atoms with Crippen molar-refractivity contribution < 1.29 is 14.3 Å². The normalized spacial score (nSPS) is 19.9. The third kappa shape index (κ3) is 3.54. The SMILES string of the molecule is CCCCCCC1(C)CCc2c(C=O)c(OC)c(C)c(C)c2O1. The van der Waals surface area contributed by atoms with Gasteiger partial charge in [0.1, 0.15) is 17.1 Å². The van der Waals surface area contributed by atoms with Crippen LogP contribution < -0.4 is 9.47 Å². The zero-order valence-corrected chi connectivity index (χ0v) is 15.3. The molecule has 0 amide bonds. The lowest BCUT2D eigenvalue weighted by molar-refractivity contribution is 0.0520. The molecule has 3 heteroatoms. The van der Waals surface area contributed by atoms with Crippen LogP contribution in [0.5, 0.6) is 11.5 Å². The summed E-state index contributed by atoms with van der Waals surface area (Å²) in [4.78, 5) is 11.6. The summed E-state index contributed by atoms with van der Waals surface area (Å²) in [5, 5.41) is 0. The fourth-order valence-corrected chi connectivity index (χ4v) is 3.59. The number of aldehydes is 1. The molecule has 0 radical (unpaired) electrons. The topological polar surface area (TPSA) is 35.5 Å². The van der Waals surface area contributed by atoms with Crippen molar-refractivity contribution in [2.75, 3.05) is 7.11 Å². The Bertz CT molecular complexity index is 577. The van der Waals surface area contributed by atoms with Gasteiger partial charge < -0.3 is 9.47 Å². The Kier molecular flexibility index (Phi) is 5.72. The number of hydrogen-bond acceptors (Lipinski definition) is 3. The van der Waals surface area contributed by atoms with Gasteiger partial charge in [0.2, 0.25) is 0 Å². The summed E-state index contributed by atoms with van der Waals surface area (Å²) in [7, 11) is 1.63. The van der Waals surface area contributed by atoms with Crippen LogP contribution in [0.1, 0.15) is 79.4 Å². The van der Waals surface area contributed by atoms with Gasteiger partial charge >= 0.3 is 0 Å². The first-order chi connectivity index (χ1) is 11.0. The lowest BCUT2D eigenvalue weighted by atomic mass is 9.84. The van der Waals surface area contributed by atoms with Gasteiger partial charge in [-0.15, -0.1) is 0 Å². The molecular weight excluding hydrogens is 288 g/mol. The quantitative estimate of drug-likeness (QED) is 0.513. The third-order valence-corrected chi connectivity index (χ3v) is 5.22. The summed E-state index contributed by atoms with van der Waals surface area (Å²) >= 11 is 0. The van der Waals surface area contributed by atoms with Crippen molar-refractivity contribution in [1.29, 1.82) is 0 Å². The molecule has 1 aliphatic heterocycles. The maximum atomic E-state index is 11.6. The lowest BCUT2D eigenvalue weighted by Crippen LogP contribution is -2.37. The largest absolute Gasteiger partial charge is 0.496 e. The van der Waals surface area contributed by atoms with Crippen LogP contribution in [-0.2, 0) is 6.42 Å². The molecule has 1 unspecified atom stereocenters. The summed E-state index contributed by atoms with van der Waals surface area (Å²) in [6, 6.07) is 0. The van der Waals surface area contributed by atoms with Crippen LogP contribution in [0.25, 0.3) is 0 Å². The predicted molar refractivity (Wildman–Crippen MR) is 94.0 cm³/mol. The molecule has 0 N–H and O–H groups in total. The number of ether oxygens (including phenoxy) is 2. The molecule has 1 aromatic carbocycles. The van der Waals surface area contributed by atoms with E-state index >= 15 is 0 Å². The second-order valence-electron chi connectivity index (χ2n) is 6.99. The molecule has 0 spiro atoms. The number of hydrogen-bond donors (Lipinski definition) is 0. The molecule has 0 saturated heterocycles. The third-order valence-electron chi connectivity index (χ3n) is 5.22. The first-order valence-corrected chi connectivity index (χ1v) is 8.81. The molecule has 128 valence electrons. The minimum Gasteiger partial charge on any atom is -0.496 e. The number of unbranched alkanes of at least 4 members (excludes halogenated alkanes) is 3. The Hall–Kier alpha value is -1.51. The Morgan fingerprint density at radius 2 is 1.96 bits per heavy atom. The van der Waals surface area contributed by atoms with E-state index in [9.17, 15) is 4.79 Å². The molecule has 1 heterocycles. The molecule has 0 fully saturated rings. The van der Waals surface area contributed by atoms with E-state index in [1.54, 1.807) is 7.11 Å². The highest BCUT2D eigenvalue weighted by molar-refractivity contribution is 5.85. The number of benzene rings is 1. The summed E-state index contributed by atoms with van der Waals surface area (Å²) in [6.07, 6.45) is 8.84. The summed E-state index contributed by atoms with van der Waals surface area (Å²) < 4.78 is 11.9. The molecule has 0 saturated carbocycles. The predicted octanol–water partition coefficient (Wildman–Crippen LogP) is 5.18. The molecule has 1 aliphatic rings. The number of carbonyl (C=O) groups excluding carboxylic acids is 1. The average molecular weight is 318 g/mol. The number of methoxy groups -OCH3 is 1. The highest BCUT2D eigenvalue weighted by atomic mass is 16.5. The van der Waals surface area contributed by atoms with Crippen molar-refractivity contribution in [2.24, 2.45) is 0 Å². The van der Waals surface area contributed by atoms with Crippen LogP contribution in [0.15, 0.2) is 0 Å². The lowest BCUT2D eigenvalue weighted by Gasteiger charge is -2.38. The van der Waals surface area contributed by atoms with Gasteiger partial charge in [-0.3, -0.25) is 4.79 Å². The van der Waals surface area contributed by atoms with E-state index in [4.69, 9.17) is 9.47 Å². The smallest absolute Gasteiger partial charge is 0.154 e. The summed E-state index contributed by atoms with van der Waals surface area (Å²) in [5.74, 6) is 1.61.